The van der Waals surface area contributed by atoms with Gasteiger partial charge >= 0.3 is 0 Å². The van der Waals surface area contributed by atoms with Crippen molar-refractivity contribution in [2.45, 2.75) is 57.6 Å². The molecule has 5 nitrogen and oxygen atoms in total. The van der Waals surface area contributed by atoms with Gasteiger partial charge in [0.05, 0.1) is 18.3 Å². The summed E-state index contributed by atoms with van der Waals surface area (Å²) in [4.78, 5) is 9.73. The topological polar surface area (TPSA) is 40.1 Å². The van der Waals surface area contributed by atoms with E-state index in [1.165, 1.54) is 22.5 Å². The summed E-state index contributed by atoms with van der Waals surface area (Å²) in [6.07, 6.45) is 7.47. The predicted molar refractivity (Wildman–Crippen MR) is 160 cm³/mol. The van der Waals surface area contributed by atoms with E-state index in [1.807, 2.05) is 6.21 Å². The molecule has 1 atom stereocenters. The third-order valence-electron chi connectivity index (χ3n) is 9.00. The van der Waals surface area contributed by atoms with Crippen molar-refractivity contribution in [3.8, 4) is 5.75 Å². The van der Waals surface area contributed by atoms with Gasteiger partial charge in [-0.25, -0.2) is 0 Å². The molecule has 0 amide bonds. The van der Waals surface area contributed by atoms with E-state index in [-0.39, 0.29) is 10.8 Å². The number of para-hydroxylation sites is 2. The van der Waals surface area contributed by atoms with Gasteiger partial charge in [-0.2, -0.15) is 0 Å². The molecule has 0 fully saturated rings. The second-order valence-electron chi connectivity index (χ2n) is 11.9. The fraction of sp³-hybridized carbons (Fsp3) is 0.364. The van der Waals surface area contributed by atoms with Gasteiger partial charge in [-0.3, -0.25) is 4.99 Å². The van der Waals surface area contributed by atoms with E-state index in [0.717, 1.165) is 35.7 Å². The number of hydrogen-bond acceptors (Lipinski definition) is 5. The summed E-state index contributed by atoms with van der Waals surface area (Å²) >= 11 is 0. The second kappa shape index (κ2) is 8.65. The van der Waals surface area contributed by atoms with E-state index >= 15 is 0 Å². The Morgan fingerprint density at radius 3 is 2.58 bits per heavy atom. The molecule has 3 aromatic rings. The van der Waals surface area contributed by atoms with Crippen LogP contribution in [0.15, 0.2) is 71.7 Å². The zero-order valence-corrected chi connectivity index (χ0v) is 23.4. The first-order valence-electron chi connectivity index (χ1n) is 13.7. The fourth-order valence-electron chi connectivity index (χ4n) is 6.21. The number of benzene rings is 3. The van der Waals surface area contributed by atoms with E-state index in [4.69, 9.17) is 9.73 Å². The van der Waals surface area contributed by atoms with E-state index in [9.17, 15) is 0 Å². The van der Waals surface area contributed by atoms with Crippen molar-refractivity contribution >= 4 is 35.0 Å². The van der Waals surface area contributed by atoms with Gasteiger partial charge in [0, 0.05) is 36.2 Å². The van der Waals surface area contributed by atoms with Crippen LogP contribution in [0.4, 0.5) is 22.7 Å². The summed E-state index contributed by atoms with van der Waals surface area (Å²) in [7, 11) is 2.12. The van der Waals surface area contributed by atoms with Gasteiger partial charge in [-0.15, -0.1) is 0 Å². The Morgan fingerprint density at radius 1 is 1.00 bits per heavy atom. The van der Waals surface area contributed by atoms with Gasteiger partial charge in [0.25, 0.3) is 0 Å². The predicted octanol–water partition coefficient (Wildman–Crippen LogP) is 7.50. The van der Waals surface area contributed by atoms with E-state index in [0.29, 0.717) is 6.67 Å². The fourth-order valence-corrected chi connectivity index (χ4v) is 6.21. The molecule has 0 bridgehead atoms. The summed E-state index contributed by atoms with van der Waals surface area (Å²) in [5.74, 6) is 0.824. The Morgan fingerprint density at radius 2 is 1.76 bits per heavy atom. The molecule has 6 rings (SSSR count). The van der Waals surface area contributed by atoms with E-state index in [2.05, 4.69) is 130 Å². The number of hydrogen-bond donors (Lipinski definition) is 1. The monoisotopic (exact) mass is 506 g/mol. The second-order valence-corrected chi connectivity index (χ2v) is 11.9. The molecule has 0 radical (unpaired) electrons. The van der Waals surface area contributed by atoms with Crippen LogP contribution >= 0.6 is 0 Å². The minimum Gasteiger partial charge on any atom is -0.459 e. The molecule has 1 N–H and O–H groups in total. The molecule has 5 heteroatoms. The minimum atomic E-state index is -0.773. The number of nitrogens with one attached hydrogen (secondary N) is 1. The number of ether oxygens (including phenoxy) is 1. The first kappa shape index (κ1) is 24.6. The molecule has 38 heavy (non-hydrogen) atoms. The zero-order chi connectivity index (χ0) is 26.7. The lowest BCUT2D eigenvalue weighted by Crippen LogP contribution is -2.63. The summed E-state index contributed by atoms with van der Waals surface area (Å²) < 4.78 is 7.08. The third-order valence-corrected chi connectivity index (χ3v) is 9.00. The highest BCUT2D eigenvalue weighted by molar-refractivity contribution is 5.92. The highest BCUT2D eigenvalue weighted by Crippen LogP contribution is 2.55. The van der Waals surface area contributed by atoms with Gasteiger partial charge in [-0.1, -0.05) is 69.3 Å². The maximum atomic E-state index is 7.08. The summed E-state index contributed by atoms with van der Waals surface area (Å²) in [6, 6.07) is 21.6. The molecule has 0 aliphatic carbocycles. The smallest absolute Gasteiger partial charge is 0.230 e. The first-order chi connectivity index (χ1) is 18.2. The molecule has 0 saturated carbocycles. The molecule has 0 aromatic heterocycles. The average molecular weight is 507 g/mol. The normalized spacial score (nSPS) is 20.7. The minimum absolute atomic E-state index is 0.0744. The molecule has 1 unspecified atom stereocenters. The molecule has 1 spiro atoms. The summed E-state index contributed by atoms with van der Waals surface area (Å²) in [5, 5.41) is 3.79. The molecule has 196 valence electrons. The molecule has 3 aliphatic rings. The number of fused-ring (bicyclic) bond motifs is 4. The van der Waals surface area contributed by atoms with Crippen LogP contribution in [0.3, 0.4) is 0 Å². The van der Waals surface area contributed by atoms with Gasteiger partial charge < -0.3 is 19.9 Å². The van der Waals surface area contributed by atoms with E-state index in [1.54, 1.807) is 0 Å². The van der Waals surface area contributed by atoms with Gasteiger partial charge in [0.15, 0.2) is 0 Å². The maximum Gasteiger partial charge on any atom is 0.230 e. The highest BCUT2D eigenvalue weighted by atomic mass is 16.5. The Balaban J connectivity index is 1.43. The largest absolute Gasteiger partial charge is 0.459 e. The number of aliphatic imine (C=N–C) groups is 1. The van der Waals surface area contributed by atoms with Crippen LogP contribution in [-0.4, -0.2) is 32.2 Å². The number of rotatable bonds is 5. The quantitative estimate of drug-likeness (QED) is 0.389. The van der Waals surface area contributed by atoms with Crippen LogP contribution in [0, 0.1) is 0 Å². The standard InChI is InChI=1S/C33H38N4O/c1-7-31(2,3)24-14-8-10-16-26(24)35-22-37-28-17-11-9-15-25(28)32(4,5)33(37)21-34-30-23-13-12-20-36(6)27(23)18-19-29(30)38-33/h8-19,21,35H,7,20,22H2,1-6H3. The van der Waals surface area contributed by atoms with Crippen molar-refractivity contribution in [2.24, 2.45) is 4.99 Å². The van der Waals surface area contributed by atoms with Crippen molar-refractivity contribution in [2.75, 3.05) is 35.4 Å². The van der Waals surface area contributed by atoms with Crippen LogP contribution in [0.25, 0.3) is 6.08 Å². The molecule has 0 saturated heterocycles. The maximum absolute atomic E-state index is 7.08. The number of likely N-dealkylation sites (N-methyl/N-ethyl adjacent to an activating group) is 1. The van der Waals surface area contributed by atoms with Gasteiger partial charge in [-0.05, 0) is 61.1 Å². The van der Waals surface area contributed by atoms with Gasteiger partial charge in [0.2, 0.25) is 5.72 Å². The van der Waals surface area contributed by atoms with Crippen molar-refractivity contribution in [1.29, 1.82) is 0 Å². The summed E-state index contributed by atoms with van der Waals surface area (Å²) in [5.41, 5.74) is 7.10. The molecule has 3 aromatic carbocycles. The van der Waals surface area contributed by atoms with Crippen molar-refractivity contribution in [3.05, 3.63) is 83.4 Å². The Labute approximate surface area is 226 Å². The highest BCUT2D eigenvalue weighted by Gasteiger charge is 2.59. The van der Waals surface area contributed by atoms with Crippen molar-refractivity contribution in [3.63, 3.8) is 0 Å². The van der Waals surface area contributed by atoms with Crippen LogP contribution in [0.5, 0.6) is 5.75 Å². The van der Waals surface area contributed by atoms with E-state index < -0.39 is 5.72 Å². The number of anilines is 3. The lowest BCUT2D eigenvalue weighted by Gasteiger charge is -2.46. The Kier molecular flexibility index (Phi) is 5.60. The Bertz CT molecular complexity index is 1450. The number of nitrogens with zero attached hydrogens (tertiary/aromatic N) is 3. The molecule has 3 aliphatic heterocycles. The molecular formula is C33H38N4O. The molecular weight excluding hydrogens is 468 g/mol. The van der Waals surface area contributed by atoms with Crippen LogP contribution < -0.4 is 19.9 Å². The van der Waals surface area contributed by atoms with Crippen molar-refractivity contribution < 1.29 is 4.74 Å². The van der Waals surface area contributed by atoms with Crippen LogP contribution in [0.1, 0.15) is 57.7 Å². The van der Waals surface area contributed by atoms with Crippen molar-refractivity contribution in [1.82, 2.24) is 0 Å². The average Bonchev–Trinajstić information content (AvgIpc) is 3.10. The lowest BCUT2D eigenvalue weighted by molar-refractivity contribution is 0.0790. The summed E-state index contributed by atoms with van der Waals surface area (Å²) in [6.45, 7) is 12.9. The van der Waals surface area contributed by atoms with Crippen LogP contribution in [-0.2, 0) is 10.8 Å². The molecule has 3 heterocycles. The third kappa shape index (κ3) is 3.48. The SMILES string of the molecule is CCC(C)(C)c1ccccc1NCN1c2ccccc2C(C)(C)C12C=Nc1c(ccc3c1C=CCN3C)O2. The zero-order valence-electron chi connectivity index (χ0n) is 23.4. The van der Waals surface area contributed by atoms with Crippen LogP contribution in [0.2, 0.25) is 0 Å². The Hall–Kier alpha value is -3.73. The first-order valence-corrected chi connectivity index (χ1v) is 13.7. The lowest BCUT2D eigenvalue weighted by atomic mass is 9.77. The van der Waals surface area contributed by atoms with Gasteiger partial charge in [0.1, 0.15) is 11.4 Å².